The van der Waals surface area contributed by atoms with E-state index in [9.17, 15) is 14.4 Å². The highest BCUT2D eigenvalue weighted by Crippen LogP contribution is 2.45. The Morgan fingerprint density at radius 3 is 2.05 bits per heavy atom. The minimum Gasteiger partial charge on any atom is -0.497 e. The van der Waals surface area contributed by atoms with Crippen LogP contribution in [0, 0.1) is 0 Å². The standard InChI is InChI=1S/C29H26N2O7/c1-35-18-12-11-17(23(15-18)36-2)16-30-24(19-7-3-6-10-22(19)29-37-13-14-38-29)25(28(30)34)31-26(32)20-8-4-5-9-21(20)27(31)33/h3-12,15,24-25,29H,13-14,16H2,1-2H3. The monoisotopic (exact) mass is 514 g/mol. The van der Waals surface area contributed by atoms with E-state index in [2.05, 4.69) is 0 Å². The summed E-state index contributed by atoms with van der Waals surface area (Å²) in [5.74, 6) is -0.0777. The molecule has 0 aliphatic carbocycles. The fraction of sp³-hybridized carbons (Fsp3) is 0.276. The van der Waals surface area contributed by atoms with Crippen LogP contribution in [0.5, 0.6) is 11.5 Å². The van der Waals surface area contributed by atoms with Crippen molar-refractivity contribution in [3.8, 4) is 11.5 Å². The molecule has 0 N–H and O–H groups in total. The summed E-state index contributed by atoms with van der Waals surface area (Å²) in [6, 6.07) is 17.9. The molecule has 3 heterocycles. The van der Waals surface area contributed by atoms with Crippen molar-refractivity contribution < 1.29 is 33.3 Å². The number of hydrogen-bond acceptors (Lipinski definition) is 7. The van der Waals surface area contributed by atoms with E-state index >= 15 is 0 Å². The fourth-order valence-corrected chi connectivity index (χ4v) is 5.46. The number of ether oxygens (including phenoxy) is 4. The number of amides is 3. The molecule has 3 amide bonds. The van der Waals surface area contributed by atoms with Crippen LogP contribution in [0.3, 0.4) is 0 Å². The molecule has 3 aliphatic heterocycles. The topological polar surface area (TPSA) is 94.6 Å². The Morgan fingerprint density at radius 1 is 0.789 bits per heavy atom. The Bertz CT molecular complexity index is 1400. The lowest BCUT2D eigenvalue weighted by molar-refractivity contribution is -0.157. The van der Waals surface area contributed by atoms with Crippen LogP contribution in [-0.4, -0.2) is 61.0 Å². The van der Waals surface area contributed by atoms with Crippen molar-refractivity contribution in [1.82, 2.24) is 9.80 Å². The van der Waals surface area contributed by atoms with Crippen LogP contribution < -0.4 is 9.47 Å². The number of carbonyl (C=O) groups is 3. The van der Waals surface area contributed by atoms with Gasteiger partial charge in [0.2, 0.25) is 5.91 Å². The van der Waals surface area contributed by atoms with Gasteiger partial charge in [-0.15, -0.1) is 0 Å². The average Bonchev–Trinajstić information content (AvgIpc) is 3.58. The quantitative estimate of drug-likeness (QED) is 0.352. The third kappa shape index (κ3) is 3.74. The van der Waals surface area contributed by atoms with Gasteiger partial charge in [0.1, 0.15) is 17.5 Å². The Hall–Kier alpha value is -4.21. The van der Waals surface area contributed by atoms with Gasteiger partial charge in [0.15, 0.2) is 6.29 Å². The zero-order valence-corrected chi connectivity index (χ0v) is 21.0. The predicted molar refractivity (Wildman–Crippen MR) is 135 cm³/mol. The van der Waals surface area contributed by atoms with E-state index in [0.717, 1.165) is 21.6 Å². The van der Waals surface area contributed by atoms with Gasteiger partial charge in [-0.05, 0) is 29.8 Å². The Kier molecular flexibility index (Phi) is 6.09. The first-order valence-electron chi connectivity index (χ1n) is 12.3. The zero-order chi connectivity index (χ0) is 26.4. The molecule has 2 fully saturated rings. The second-order valence-electron chi connectivity index (χ2n) is 9.26. The SMILES string of the molecule is COc1ccc(CN2C(=O)C(N3C(=O)c4ccccc4C3=O)C2c2ccccc2C2OCCO2)c(OC)c1. The molecule has 0 spiro atoms. The van der Waals surface area contributed by atoms with Crippen LogP contribution in [0.25, 0.3) is 0 Å². The second kappa shape index (κ2) is 9.59. The van der Waals surface area contributed by atoms with E-state index in [1.54, 1.807) is 55.5 Å². The molecule has 2 unspecified atom stereocenters. The van der Waals surface area contributed by atoms with Crippen LogP contribution in [0.4, 0.5) is 0 Å². The van der Waals surface area contributed by atoms with Crippen molar-refractivity contribution in [2.24, 2.45) is 0 Å². The number of hydrogen-bond donors (Lipinski definition) is 0. The lowest BCUT2D eigenvalue weighted by Gasteiger charge is -2.50. The van der Waals surface area contributed by atoms with Crippen molar-refractivity contribution in [1.29, 1.82) is 0 Å². The molecular formula is C29H26N2O7. The molecule has 0 aromatic heterocycles. The van der Waals surface area contributed by atoms with E-state index in [-0.39, 0.29) is 12.5 Å². The fourth-order valence-electron chi connectivity index (χ4n) is 5.46. The lowest BCUT2D eigenvalue weighted by atomic mass is 9.84. The van der Waals surface area contributed by atoms with E-state index in [4.69, 9.17) is 18.9 Å². The summed E-state index contributed by atoms with van der Waals surface area (Å²) >= 11 is 0. The molecular weight excluding hydrogens is 488 g/mol. The third-order valence-corrected chi connectivity index (χ3v) is 7.30. The number of benzene rings is 3. The van der Waals surface area contributed by atoms with Gasteiger partial charge < -0.3 is 23.8 Å². The second-order valence-corrected chi connectivity index (χ2v) is 9.26. The number of nitrogens with zero attached hydrogens (tertiary/aromatic N) is 2. The van der Waals surface area contributed by atoms with Gasteiger partial charge in [-0.2, -0.15) is 0 Å². The Morgan fingerprint density at radius 2 is 1.42 bits per heavy atom. The van der Waals surface area contributed by atoms with Crippen molar-refractivity contribution >= 4 is 17.7 Å². The minimum atomic E-state index is -1.01. The van der Waals surface area contributed by atoms with Crippen LogP contribution in [0.1, 0.15) is 49.7 Å². The van der Waals surface area contributed by atoms with E-state index in [0.29, 0.717) is 35.8 Å². The molecule has 3 aliphatic rings. The molecule has 0 bridgehead atoms. The molecule has 0 saturated carbocycles. The maximum absolute atomic E-state index is 13.8. The number of methoxy groups -OCH3 is 2. The molecule has 2 atom stereocenters. The number of fused-ring (bicyclic) bond motifs is 1. The summed E-state index contributed by atoms with van der Waals surface area (Å²) in [7, 11) is 3.12. The molecule has 0 radical (unpaired) electrons. The molecule has 2 saturated heterocycles. The number of likely N-dealkylation sites (tertiary alicyclic amines) is 1. The van der Waals surface area contributed by atoms with Gasteiger partial charge in [0.05, 0.1) is 51.1 Å². The molecule has 6 rings (SSSR count). The first-order valence-corrected chi connectivity index (χ1v) is 12.3. The number of rotatable bonds is 7. The minimum absolute atomic E-state index is 0.205. The van der Waals surface area contributed by atoms with Gasteiger partial charge in [-0.1, -0.05) is 36.4 Å². The number of imide groups is 1. The summed E-state index contributed by atoms with van der Waals surface area (Å²) < 4.78 is 22.4. The largest absolute Gasteiger partial charge is 0.497 e. The lowest BCUT2D eigenvalue weighted by Crippen LogP contribution is -2.66. The predicted octanol–water partition coefficient (Wildman–Crippen LogP) is 3.50. The van der Waals surface area contributed by atoms with Gasteiger partial charge in [-0.25, -0.2) is 0 Å². The molecule has 3 aromatic carbocycles. The highest BCUT2D eigenvalue weighted by atomic mass is 16.7. The summed E-state index contributed by atoms with van der Waals surface area (Å²) in [6.07, 6.45) is -0.595. The van der Waals surface area contributed by atoms with Crippen LogP contribution in [-0.2, 0) is 20.8 Å². The molecule has 194 valence electrons. The van der Waals surface area contributed by atoms with E-state index in [1.165, 1.54) is 0 Å². The van der Waals surface area contributed by atoms with Crippen LogP contribution >= 0.6 is 0 Å². The summed E-state index contributed by atoms with van der Waals surface area (Å²) in [5, 5.41) is 0. The normalized spacial score (nSPS) is 21.1. The molecule has 38 heavy (non-hydrogen) atoms. The Balaban J connectivity index is 1.42. The van der Waals surface area contributed by atoms with Crippen molar-refractivity contribution in [3.05, 3.63) is 94.5 Å². The first kappa shape index (κ1) is 24.1. The highest BCUT2D eigenvalue weighted by molar-refractivity contribution is 6.23. The molecule has 9 nitrogen and oxygen atoms in total. The zero-order valence-electron chi connectivity index (χ0n) is 21.0. The van der Waals surface area contributed by atoms with Gasteiger partial charge in [-0.3, -0.25) is 19.3 Å². The van der Waals surface area contributed by atoms with Crippen molar-refractivity contribution in [2.45, 2.75) is 24.9 Å². The third-order valence-electron chi connectivity index (χ3n) is 7.30. The Labute approximate surface area is 219 Å². The number of carbonyl (C=O) groups excluding carboxylic acids is 3. The smallest absolute Gasteiger partial charge is 0.262 e. The van der Waals surface area contributed by atoms with Crippen LogP contribution in [0.15, 0.2) is 66.7 Å². The maximum atomic E-state index is 13.8. The van der Waals surface area contributed by atoms with E-state index < -0.39 is 30.2 Å². The summed E-state index contributed by atoms with van der Waals surface area (Å²) in [4.78, 5) is 43.3. The highest BCUT2D eigenvalue weighted by Gasteiger charge is 2.57. The molecule has 3 aromatic rings. The summed E-state index contributed by atoms with van der Waals surface area (Å²) in [6.45, 7) is 1.12. The van der Waals surface area contributed by atoms with Gasteiger partial charge in [0.25, 0.3) is 11.8 Å². The van der Waals surface area contributed by atoms with Crippen LogP contribution in [0.2, 0.25) is 0 Å². The molecule has 9 heteroatoms. The van der Waals surface area contributed by atoms with Crippen molar-refractivity contribution in [2.75, 3.05) is 27.4 Å². The summed E-state index contributed by atoms with van der Waals surface area (Å²) in [5.41, 5.74) is 2.88. The maximum Gasteiger partial charge on any atom is 0.262 e. The van der Waals surface area contributed by atoms with Gasteiger partial charge in [0, 0.05) is 17.2 Å². The van der Waals surface area contributed by atoms with Crippen molar-refractivity contribution in [3.63, 3.8) is 0 Å². The van der Waals surface area contributed by atoms with E-state index in [1.807, 2.05) is 30.3 Å². The first-order chi connectivity index (χ1) is 18.5. The number of β-lactam (4-membered cyclic amide) rings is 1. The van der Waals surface area contributed by atoms with Gasteiger partial charge >= 0.3 is 0 Å². The average molecular weight is 515 g/mol.